The zero-order valence-corrected chi connectivity index (χ0v) is 22.8. The number of urea groups is 1. The first-order chi connectivity index (χ1) is 17.8. The zero-order valence-electron chi connectivity index (χ0n) is 22.0. The lowest BCUT2D eigenvalue weighted by atomic mass is 9.83. The maximum Gasteiger partial charge on any atom is 0.317 e. The second-order valence-corrected chi connectivity index (χ2v) is 11.7. The highest BCUT2D eigenvalue weighted by Gasteiger charge is 2.39. The molecule has 8 heteroatoms. The van der Waals surface area contributed by atoms with E-state index in [0.29, 0.717) is 23.3 Å². The number of nitrogens with zero attached hydrogens (tertiary/aromatic N) is 4. The maximum atomic E-state index is 13.0. The van der Waals surface area contributed by atoms with Gasteiger partial charge < -0.3 is 19.9 Å². The van der Waals surface area contributed by atoms with Gasteiger partial charge >= 0.3 is 6.03 Å². The smallest absolute Gasteiger partial charge is 0.317 e. The molecule has 3 unspecified atom stereocenters. The molecule has 2 amide bonds. The van der Waals surface area contributed by atoms with E-state index in [0.717, 1.165) is 42.9 Å². The second-order valence-electron chi connectivity index (χ2n) is 10.7. The molecule has 1 saturated carbocycles. The highest BCUT2D eigenvalue weighted by Crippen LogP contribution is 2.46. The molecule has 1 aromatic heterocycles. The molecule has 0 bridgehead atoms. The van der Waals surface area contributed by atoms with Crippen LogP contribution in [0.3, 0.4) is 0 Å². The van der Waals surface area contributed by atoms with Crippen LogP contribution in [0.5, 0.6) is 5.75 Å². The van der Waals surface area contributed by atoms with Crippen LogP contribution in [0.4, 0.5) is 4.79 Å². The van der Waals surface area contributed by atoms with Gasteiger partial charge in [-0.2, -0.15) is 5.26 Å². The van der Waals surface area contributed by atoms with Crippen LogP contribution in [0.1, 0.15) is 49.5 Å². The van der Waals surface area contributed by atoms with Gasteiger partial charge in [-0.05, 0) is 76.9 Å². The predicted octanol–water partition coefficient (Wildman–Crippen LogP) is 5.17. The standard InChI is InChI=1S/C29H35N5O2S/c1-18(2)36-26-11-8-19(14-20(26)15-30)28-31-16-27(37-28)24-7-5-6-23-22(24)9-10-25(23)32-29(35)34-13-12-21(17-34)33(3)4/h5-8,11,14,16,18,21-22,24-25H,9-10,12-13,17H2,1-4H3,(H,32,35)/t21-,22?,24?,25?/m0/s1. The molecule has 1 aliphatic heterocycles. The summed E-state index contributed by atoms with van der Waals surface area (Å²) in [7, 11) is 4.16. The van der Waals surface area contributed by atoms with Crippen LogP contribution in [-0.4, -0.2) is 66.2 Å². The van der Waals surface area contributed by atoms with Crippen LogP contribution < -0.4 is 10.1 Å². The summed E-state index contributed by atoms with van der Waals surface area (Å²) in [6.07, 6.45) is 11.6. The molecule has 7 nitrogen and oxygen atoms in total. The van der Waals surface area contributed by atoms with Gasteiger partial charge in [0.15, 0.2) is 0 Å². The van der Waals surface area contributed by atoms with E-state index in [1.165, 1.54) is 10.5 Å². The fourth-order valence-corrected chi connectivity index (χ4v) is 6.76. The number of carbonyl (C=O) groups excluding carboxylic acids is 1. The Morgan fingerprint density at radius 2 is 2.14 bits per heavy atom. The Hall–Kier alpha value is -3.15. The number of hydrogen-bond acceptors (Lipinski definition) is 6. The first kappa shape index (κ1) is 25.5. The molecule has 2 fully saturated rings. The number of nitrogens with one attached hydrogen (secondary N) is 1. The molecule has 2 aromatic rings. The van der Waals surface area contributed by atoms with Crippen molar-refractivity contribution in [1.29, 1.82) is 5.26 Å². The first-order valence-corrected chi connectivity index (χ1v) is 13.9. The number of carbonyl (C=O) groups is 1. The quantitative estimate of drug-likeness (QED) is 0.572. The molecule has 1 aromatic carbocycles. The normalized spacial score (nSPS) is 24.8. The van der Waals surface area contributed by atoms with Crippen molar-refractivity contribution in [3.63, 3.8) is 0 Å². The zero-order chi connectivity index (χ0) is 26.1. The van der Waals surface area contributed by atoms with Crippen molar-refractivity contribution in [2.75, 3.05) is 27.2 Å². The molecule has 4 atom stereocenters. The van der Waals surface area contributed by atoms with Crippen molar-refractivity contribution >= 4 is 17.4 Å². The summed E-state index contributed by atoms with van der Waals surface area (Å²) in [6, 6.07) is 8.53. The topological polar surface area (TPSA) is 81.5 Å². The number of nitriles is 1. The predicted molar refractivity (Wildman–Crippen MR) is 147 cm³/mol. The van der Waals surface area contributed by atoms with Crippen molar-refractivity contribution in [3.05, 3.63) is 58.6 Å². The van der Waals surface area contributed by atoms with Crippen LogP contribution in [0.15, 0.2) is 48.2 Å². The number of ether oxygens (including phenoxy) is 1. The molecule has 0 radical (unpaired) electrons. The van der Waals surface area contributed by atoms with E-state index in [1.807, 2.05) is 43.1 Å². The minimum absolute atomic E-state index is 0.00934. The summed E-state index contributed by atoms with van der Waals surface area (Å²) in [6.45, 7) is 5.51. The van der Waals surface area contributed by atoms with Gasteiger partial charge in [-0.25, -0.2) is 9.78 Å². The molecule has 2 heterocycles. The summed E-state index contributed by atoms with van der Waals surface area (Å²) in [5, 5.41) is 13.8. The van der Waals surface area contributed by atoms with Gasteiger partial charge in [0, 0.05) is 41.7 Å². The minimum Gasteiger partial charge on any atom is -0.490 e. The Labute approximate surface area is 223 Å². The van der Waals surface area contributed by atoms with E-state index in [4.69, 9.17) is 9.72 Å². The van der Waals surface area contributed by atoms with Crippen molar-refractivity contribution < 1.29 is 9.53 Å². The van der Waals surface area contributed by atoms with Crippen LogP contribution in [0, 0.1) is 17.2 Å². The largest absolute Gasteiger partial charge is 0.490 e. The van der Waals surface area contributed by atoms with E-state index >= 15 is 0 Å². The number of likely N-dealkylation sites (N-methyl/N-ethyl adjacent to an activating group) is 1. The molecule has 194 valence electrons. The lowest BCUT2D eigenvalue weighted by Gasteiger charge is -2.27. The average Bonchev–Trinajstić information content (AvgIpc) is 3.64. The highest BCUT2D eigenvalue weighted by molar-refractivity contribution is 7.15. The SMILES string of the molecule is CC(C)Oc1ccc(-c2ncc(C3C=CC=C4C(NC(=O)N5CC[C@H](N(C)C)C5)CCC43)s2)cc1C#N. The average molecular weight is 518 g/mol. The van der Waals surface area contributed by atoms with E-state index in [9.17, 15) is 10.1 Å². The van der Waals surface area contributed by atoms with E-state index in [1.54, 1.807) is 11.3 Å². The maximum absolute atomic E-state index is 13.0. The number of aromatic nitrogens is 1. The summed E-state index contributed by atoms with van der Waals surface area (Å²) >= 11 is 1.68. The van der Waals surface area contributed by atoms with Crippen LogP contribution in [0.25, 0.3) is 10.6 Å². The Morgan fingerprint density at radius 1 is 1.30 bits per heavy atom. The van der Waals surface area contributed by atoms with E-state index in [2.05, 4.69) is 48.6 Å². The van der Waals surface area contributed by atoms with Crippen molar-refractivity contribution in [1.82, 2.24) is 20.1 Å². The molecule has 37 heavy (non-hydrogen) atoms. The van der Waals surface area contributed by atoms with Gasteiger partial charge in [0.25, 0.3) is 0 Å². The Morgan fingerprint density at radius 3 is 2.86 bits per heavy atom. The molecule has 1 N–H and O–H groups in total. The number of allylic oxidation sites excluding steroid dienone is 3. The summed E-state index contributed by atoms with van der Waals surface area (Å²) in [5.74, 6) is 1.22. The van der Waals surface area contributed by atoms with Crippen molar-refractivity contribution in [2.45, 2.75) is 57.2 Å². The lowest BCUT2D eigenvalue weighted by Crippen LogP contribution is -2.45. The van der Waals surface area contributed by atoms with Crippen molar-refractivity contribution in [2.24, 2.45) is 5.92 Å². The number of likely N-dealkylation sites (tertiary alicyclic amines) is 1. The molecule has 0 spiro atoms. The monoisotopic (exact) mass is 517 g/mol. The van der Waals surface area contributed by atoms with Crippen LogP contribution in [0.2, 0.25) is 0 Å². The molecule has 2 aliphatic carbocycles. The molecule has 1 saturated heterocycles. The number of hydrogen-bond donors (Lipinski definition) is 1. The van der Waals surface area contributed by atoms with Gasteiger partial charge in [-0.1, -0.05) is 18.2 Å². The number of benzene rings is 1. The van der Waals surface area contributed by atoms with Gasteiger partial charge in [-0.3, -0.25) is 0 Å². The highest BCUT2D eigenvalue weighted by atomic mass is 32.1. The van der Waals surface area contributed by atoms with Crippen LogP contribution in [-0.2, 0) is 0 Å². The Bertz CT molecular complexity index is 1260. The van der Waals surface area contributed by atoms with Gasteiger partial charge in [0.2, 0.25) is 0 Å². The van der Waals surface area contributed by atoms with Gasteiger partial charge in [0.05, 0.1) is 17.7 Å². The first-order valence-electron chi connectivity index (χ1n) is 13.1. The van der Waals surface area contributed by atoms with Gasteiger partial charge in [-0.15, -0.1) is 11.3 Å². The number of fused-ring (bicyclic) bond motifs is 1. The van der Waals surface area contributed by atoms with E-state index in [-0.39, 0.29) is 24.1 Å². The Balaban J connectivity index is 1.27. The Kier molecular flexibility index (Phi) is 7.36. The third-order valence-electron chi connectivity index (χ3n) is 7.68. The molecule has 5 rings (SSSR count). The number of thiazole rings is 1. The summed E-state index contributed by atoms with van der Waals surface area (Å²) < 4.78 is 5.77. The number of rotatable bonds is 6. The molecule has 3 aliphatic rings. The lowest BCUT2D eigenvalue weighted by molar-refractivity contribution is 0.201. The van der Waals surface area contributed by atoms with E-state index < -0.39 is 0 Å². The summed E-state index contributed by atoms with van der Waals surface area (Å²) in [4.78, 5) is 23.1. The second kappa shape index (κ2) is 10.7. The molecular weight excluding hydrogens is 482 g/mol. The van der Waals surface area contributed by atoms with Crippen LogP contribution >= 0.6 is 11.3 Å². The molecular formula is C29H35N5O2S. The number of amides is 2. The van der Waals surface area contributed by atoms with Gasteiger partial charge in [0.1, 0.15) is 16.8 Å². The van der Waals surface area contributed by atoms with Crippen molar-refractivity contribution in [3.8, 4) is 22.4 Å². The fraction of sp³-hybridized carbons (Fsp3) is 0.483. The fourth-order valence-electron chi connectivity index (χ4n) is 5.70. The third kappa shape index (κ3) is 5.29. The summed E-state index contributed by atoms with van der Waals surface area (Å²) in [5.41, 5.74) is 2.77. The third-order valence-corrected chi connectivity index (χ3v) is 8.83. The minimum atomic E-state index is 0.00934.